The molecule has 0 atom stereocenters. The third-order valence-corrected chi connectivity index (χ3v) is 3.61. The van der Waals surface area contributed by atoms with E-state index in [4.69, 9.17) is 4.74 Å². The third kappa shape index (κ3) is 2.72. The lowest BCUT2D eigenvalue weighted by Gasteiger charge is -2.26. The fourth-order valence-electron chi connectivity index (χ4n) is 2.52. The molecule has 0 aliphatic rings. The number of nitrogens with zero attached hydrogens (tertiary/aromatic N) is 1. The fraction of sp³-hybridized carbons (Fsp3) is 0.471. The molecule has 0 fully saturated rings. The van der Waals surface area contributed by atoms with Crippen LogP contribution in [-0.4, -0.2) is 17.3 Å². The highest BCUT2D eigenvalue weighted by Crippen LogP contribution is 2.39. The van der Waals surface area contributed by atoms with E-state index in [1.807, 2.05) is 12.4 Å². The summed E-state index contributed by atoms with van der Waals surface area (Å²) in [6.45, 7) is 11.2. The molecule has 3 nitrogen and oxygen atoms in total. The Labute approximate surface area is 121 Å². The molecule has 0 aliphatic carbocycles. The van der Waals surface area contributed by atoms with Gasteiger partial charge in [-0.15, -0.1) is 0 Å². The van der Waals surface area contributed by atoms with Crippen LogP contribution in [0.1, 0.15) is 51.7 Å². The average Bonchev–Trinajstić information content (AvgIpc) is 2.89. The molecule has 20 heavy (non-hydrogen) atoms. The van der Waals surface area contributed by atoms with Crippen LogP contribution in [0.3, 0.4) is 0 Å². The molecule has 1 aromatic heterocycles. The van der Waals surface area contributed by atoms with E-state index >= 15 is 0 Å². The van der Waals surface area contributed by atoms with Crippen LogP contribution in [-0.2, 0) is 5.41 Å². The predicted octanol–water partition coefficient (Wildman–Crippen LogP) is 4.51. The van der Waals surface area contributed by atoms with Gasteiger partial charge in [-0.05, 0) is 34.6 Å². The molecular formula is C17H24N2O. The summed E-state index contributed by atoms with van der Waals surface area (Å²) in [6.07, 6.45) is 3.73. The summed E-state index contributed by atoms with van der Waals surface area (Å²) >= 11 is 0. The van der Waals surface area contributed by atoms with Gasteiger partial charge in [0.1, 0.15) is 5.75 Å². The molecule has 0 amide bonds. The van der Waals surface area contributed by atoms with Crippen LogP contribution >= 0.6 is 0 Å². The maximum absolute atomic E-state index is 5.59. The first kappa shape index (κ1) is 14.6. The molecule has 0 aliphatic heterocycles. The second kappa shape index (κ2) is 5.31. The Morgan fingerprint density at radius 1 is 1.20 bits per heavy atom. The van der Waals surface area contributed by atoms with E-state index in [2.05, 4.69) is 56.9 Å². The summed E-state index contributed by atoms with van der Waals surface area (Å²) in [6, 6.07) is 4.42. The van der Waals surface area contributed by atoms with Gasteiger partial charge in [0.2, 0.25) is 0 Å². The molecule has 2 rings (SSSR count). The molecule has 2 aromatic rings. The topological polar surface area (TPSA) is 37.9 Å². The fourth-order valence-corrected chi connectivity index (χ4v) is 2.52. The lowest BCUT2D eigenvalue weighted by molar-refractivity contribution is 0.415. The molecule has 0 bridgehead atoms. The van der Waals surface area contributed by atoms with Crippen molar-refractivity contribution in [3.63, 3.8) is 0 Å². The van der Waals surface area contributed by atoms with Gasteiger partial charge in [0, 0.05) is 17.3 Å². The molecule has 1 aromatic carbocycles. The van der Waals surface area contributed by atoms with Crippen LogP contribution in [0.2, 0.25) is 0 Å². The van der Waals surface area contributed by atoms with E-state index in [0.29, 0.717) is 5.92 Å². The van der Waals surface area contributed by atoms with E-state index in [1.54, 1.807) is 7.11 Å². The standard InChI is InChI=1S/C17H24N2O/c1-11(2)13-8-16(20-6)14(12-9-18-19-10-12)7-15(13)17(3,4)5/h7-11H,1-6H3,(H,18,19). The number of aromatic nitrogens is 2. The Kier molecular flexibility index (Phi) is 3.89. The summed E-state index contributed by atoms with van der Waals surface area (Å²) in [4.78, 5) is 0. The average molecular weight is 272 g/mol. The Morgan fingerprint density at radius 2 is 1.90 bits per heavy atom. The van der Waals surface area contributed by atoms with Crippen molar-refractivity contribution in [3.8, 4) is 16.9 Å². The van der Waals surface area contributed by atoms with E-state index in [0.717, 1.165) is 16.9 Å². The second-order valence-electron chi connectivity index (χ2n) is 6.53. The lowest BCUT2D eigenvalue weighted by Crippen LogP contribution is -2.15. The van der Waals surface area contributed by atoms with Gasteiger partial charge in [0.25, 0.3) is 0 Å². The molecule has 0 saturated carbocycles. The van der Waals surface area contributed by atoms with Gasteiger partial charge in [-0.2, -0.15) is 5.10 Å². The normalized spacial score (nSPS) is 11.9. The van der Waals surface area contributed by atoms with Crippen molar-refractivity contribution >= 4 is 0 Å². The number of benzene rings is 1. The maximum Gasteiger partial charge on any atom is 0.127 e. The first-order valence-corrected chi connectivity index (χ1v) is 7.06. The van der Waals surface area contributed by atoms with Crippen LogP contribution in [0, 0.1) is 0 Å². The lowest BCUT2D eigenvalue weighted by atomic mass is 9.79. The van der Waals surface area contributed by atoms with Gasteiger partial charge in [0.15, 0.2) is 0 Å². The summed E-state index contributed by atoms with van der Waals surface area (Å²) in [5.41, 5.74) is 4.97. The molecule has 1 N–H and O–H groups in total. The van der Waals surface area contributed by atoms with Crippen molar-refractivity contribution < 1.29 is 4.74 Å². The Hall–Kier alpha value is -1.77. The second-order valence-corrected chi connectivity index (χ2v) is 6.53. The van der Waals surface area contributed by atoms with Crippen molar-refractivity contribution in [3.05, 3.63) is 35.7 Å². The molecule has 0 spiro atoms. The van der Waals surface area contributed by atoms with Crippen molar-refractivity contribution in [2.45, 2.75) is 46.0 Å². The zero-order valence-corrected chi connectivity index (χ0v) is 13.2. The molecule has 0 saturated heterocycles. The molecule has 0 radical (unpaired) electrons. The van der Waals surface area contributed by atoms with E-state index < -0.39 is 0 Å². The minimum Gasteiger partial charge on any atom is -0.496 e. The number of nitrogens with one attached hydrogen (secondary N) is 1. The van der Waals surface area contributed by atoms with Gasteiger partial charge in [-0.3, -0.25) is 5.10 Å². The Balaban J connectivity index is 2.70. The van der Waals surface area contributed by atoms with Gasteiger partial charge in [0.05, 0.1) is 13.3 Å². The summed E-state index contributed by atoms with van der Waals surface area (Å²) in [7, 11) is 1.72. The van der Waals surface area contributed by atoms with Crippen molar-refractivity contribution in [2.24, 2.45) is 0 Å². The summed E-state index contributed by atoms with van der Waals surface area (Å²) in [5, 5.41) is 6.91. The van der Waals surface area contributed by atoms with Crippen LogP contribution < -0.4 is 4.74 Å². The van der Waals surface area contributed by atoms with E-state index in [-0.39, 0.29) is 5.41 Å². The highest BCUT2D eigenvalue weighted by molar-refractivity contribution is 5.71. The SMILES string of the molecule is COc1cc(C(C)C)c(C(C)(C)C)cc1-c1cn[nH]c1. The summed E-state index contributed by atoms with van der Waals surface area (Å²) in [5.74, 6) is 1.37. The van der Waals surface area contributed by atoms with Gasteiger partial charge in [-0.25, -0.2) is 0 Å². The quantitative estimate of drug-likeness (QED) is 0.893. The Morgan fingerprint density at radius 3 is 2.35 bits per heavy atom. The van der Waals surface area contributed by atoms with Gasteiger partial charge < -0.3 is 4.74 Å². The number of aromatic amines is 1. The smallest absolute Gasteiger partial charge is 0.127 e. The summed E-state index contributed by atoms with van der Waals surface area (Å²) < 4.78 is 5.59. The van der Waals surface area contributed by atoms with Crippen molar-refractivity contribution in [2.75, 3.05) is 7.11 Å². The van der Waals surface area contributed by atoms with Crippen LogP contribution in [0.25, 0.3) is 11.1 Å². The molecule has 3 heteroatoms. The minimum absolute atomic E-state index is 0.102. The number of methoxy groups -OCH3 is 1. The third-order valence-electron chi connectivity index (χ3n) is 3.61. The highest BCUT2D eigenvalue weighted by atomic mass is 16.5. The number of rotatable bonds is 3. The van der Waals surface area contributed by atoms with Gasteiger partial charge >= 0.3 is 0 Å². The largest absolute Gasteiger partial charge is 0.496 e. The number of H-pyrrole nitrogens is 1. The molecule has 0 unspecified atom stereocenters. The van der Waals surface area contributed by atoms with Crippen LogP contribution in [0.15, 0.2) is 24.5 Å². The zero-order chi connectivity index (χ0) is 14.9. The van der Waals surface area contributed by atoms with Gasteiger partial charge in [-0.1, -0.05) is 34.6 Å². The van der Waals surface area contributed by atoms with Crippen LogP contribution in [0.5, 0.6) is 5.75 Å². The predicted molar refractivity (Wildman–Crippen MR) is 83.4 cm³/mol. The molecule has 108 valence electrons. The van der Waals surface area contributed by atoms with Crippen molar-refractivity contribution in [1.29, 1.82) is 0 Å². The molecular weight excluding hydrogens is 248 g/mol. The zero-order valence-electron chi connectivity index (χ0n) is 13.2. The maximum atomic E-state index is 5.59. The van der Waals surface area contributed by atoms with E-state index in [1.165, 1.54) is 11.1 Å². The van der Waals surface area contributed by atoms with Crippen molar-refractivity contribution in [1.82, 2.24) is 10.2 Å². The van der Waals surface area contributed by atoms with E-state index in [9.17, 15) is 0 Å². The number of hydrogen-bond donors (Lipinski definition) is 1. The molecule has 1 heterocycles. The monoisotopic (exact) mass is 272 g/mol. The first-order valence-electron chi connectivity index (χ1n) is 7.06. The first-order chi connectivity index (χ1) is 9.34. The minimum atomic E-state index is 0.102. The highest BCUT2D eigenvalue weighted by Gasteiger charge is 2.22. The number of hydrogen-bond acceptors (Lipinski definition) is 2. The Bertz CT molecular complexity index is 578. The van der Waals surface area contributed by atoms with Crippen LogP contribution in [0.4, 0.5) is 0 Å². The number of ether oxygens (including phenoxy) is 1.